The molecule has 1 aromatic carbocycles. The lowest BCUT2D eigenvalue weighted by molar-refractivity contribution is 0.303. The highest BCUT2D eigenvalue weighted by molar-refractivity contribution is 5.14. The van der Waals surface area contributed by atoms with E-state index < -0.39 is 0 Å². The van der Waals surface area contributed by atoms with Gasteiger partial charge in [0.25, 0.3) is 0 Å². The van der Waals surface area contributed by atoms with Gasteiger partial charge in [-0.2, -0.15) is 0 Å². The summed E-state index contributed by atoms with van der Waals surface area (Å²) < 4.78 is 0. The largest absolute Gasteiger partial charge is 0.311 e. The molecule has 0 bridgehead atoms. The van der Waals surface area contributed by atoms with Gasteiger partial charge >= 0.3 is 0 Å². The molecule has 1 aromatic rings. The molecule has 0 heterocycles. The van der Waals surface area contributed by atoms with E-state index in [9.17, 15) is 0 Å². The van der Waals surface area contributed by atoms with Crippen LogP contribution in [-0.4, -0.2) is 30.6 Å². The summed E-state index contributed by atoms with van der Waals surface area (Å²) in [5.41, 5.74) is 1.59. The molecule has 0 aliphatic carbocycles. The summed E-state index contributed by atoms with van der Waals surface area (Å²) in [6, 6.07) is 10.6. The molecule has 2 nitrogen and oxygen atoms in total. The summed E-state index contributed by atoms with van der Waals surface area (Å²) in [5, 5.41) is 3.50. The molecule has 2 heteroatoms. The smallest absolute Gasteiger partial charge is 0.0231 e. The van der Waals surface area contributed by atoms with E-state index in [1.807, 2.05) is 0 Å². The molecule has 0 aromatic heterocycles. The third-order valence-electron chi connectivity index (χ3n) is 2.44. The number of nitrogens with one attached hydrogen (secondary N) is 1. The zero-order valence-corrected chi connectivity index (χ0v) is 11.0. The van der Waals surface area contributed by atoms with Gasteiger partial charge in [-0.15, -0.1) is 0 Å². The number of hydrogen-bond donors (Lipinski definition) is 1. The Hall–Kier alpha value is -0.860. The third kappa shape index (κ3) is 5.89. The Balaban J connectivity index is 2.24. The molecule has 0 fully saturated rings. The number of hydrogen-bond acceptors (Lipinski definition) is 2. The van der Waals surface area contributed by atoms with Crippen LogP contribution in [0.3, 0.4) is 0 Å². The number of benzene rings is 1. The van der Waals surface area contributed by atoms with Crippen LogP contribution in [-0.2, 0) is 6.54 Å². The Kier molecular flexibility index (Phi) is 4.97. The Morgan fingerprint density at radius 2 is 1.75 bits per heavy atom. The zero-order valence-electron chi connectivity index (χ0n) is 11.0. The van der Waals surface area contributed by atoms with Crippen molar-refractivity contribution >= 4 is 0 Å². The maximum atomic E-state index is 3.50. The summed E-state index contributed by atoms with van der Waals surface area (Å²) >= 11 is 0. The average Bonchev–Trinajstić information content (AvgIpc) is 2.17. The highest BCUT2D eigenvalue weighted by Gasteiger charge is 2.08. The molecule has 0 amide bonds. The highest BCUT2D eigenvalue weighted by Crippen LogP contribution is 2.02. The molecule has 0 spiro atoms. The van der Waals surface area contributed by atoms with Crippen LogP contribution in [0.2, 0.25) is 0 Å². The molecule has 0 saturated carbocycles. The lowest BCUT2D eigenvalue weighted by atomic mass is 10.1. The number of likely N-dealkylation sites (N-methyl/N-ethyl adjacent to an activating group) is 1. The predicted molar refractivity (Wildman–Crippen MR) is 70.5 cm³/mol. The van der Waals surface area contributed by atoms with Gasteiger partial charge in [0.05, 0.1) is 0 Å². The van der Waals surface area contributed by atoms with Gasteiger partial charge in [-0.05, 0) is 33.4 Å². The van der Waals surface area contributed by atoms with Crippen LogP contribution in [0, 0.1) is 0 Å². The van der Waals surface area contributed by atoms with Gasteiger partial charge in [0, 0.05) is 25.2 Å². The predicted octanol–water partition coefficient (Wildman–Crippen LogP) is 2.51. The maximum absolute atomic E-state index is 3.50. The molecule has 0 aliphatic heterocycles. The van der Waals surface area contributed by atoms with E-state index in [0.29, 0.717) is 0 Å². The zero-order chi connectivity index (χ0) is 12.0. The minimum absolute atomic E-state index is 0.216. The molecule has 0 saturated heterocycles. The molecule has 90 valence electrons. The van der Waals surface area contributed by atoms with Crippen molar-refractivity contribution in [3.05, 3.63) is 35.9 Å². The van der Waals surface area contributed by atoms with E-state index in [-0.39, 0.29) is 5.54 Å². The summed E-state index contributed by atoms with van der Waals surface area (Å²) in [7, 11) is 2.16. The quantitative estimate of drug-likeness (QED) is 0.820. The van der Waals surface area contributed by atoms with Crippen molar-refractivity contribution in [1.29, 1.82) is 0 Å². The van der Waals surface area contributed by atoms with Gasteiger partial charge in [0.1, 0.15) is 0 Å². The Morgan fingerprint density at radius 3 is 2.31 bits per heavy atom. The molecule has 1 N–H and O–H groups in total. The molecule has 0 radical (unpaired) electrons. The second kappa shape index (κ2) is 6.02. The Bertz CT molecular complexity index is 287. The van der Waals surface area contributed by atoms with Crippen molar-refractivity contribution in [3.63, 3.8) is 0 Å². The van der Waals surface area contributed by atoms with E-state index in [4.69, 9.17) is 0 Å². The molecule has 1 rings (SSSR count). The standard InChI is InChI=1S/C14H24N2/c1-14(2,3)15-10-11-16(4)12-13-8-6-5-7-9-13/h5-9,15H,10-12H2,1-4H3. The van der Waals surface area contributed by atoms with Gasteiger partial charge in [0.2, 0.25) is 0 Å². The van der Waals surface area contributed by atoms with Gasteiger partial charge in [-0.1, -0.05) is 30.3 Å². The molecule has 0 atom stereocenters. The third-order valence-corrected chi connectivity index (χ3v) is 2.44. The van der Waals surface area contributed by atoms with Crippen LogP contribution in [0.25, 0.3) is 0 Å². The van der Waals surface area contributed by atoms with Crippen LogP contribution in [0.4, 0.5) is 0 Å². The normalized spacial score (nSPS) is 12.1. The molecular weight excluding hydrogens is 196 g/mol. The topological polar surface area (TPSA) is 15.3 Å². The first kappa shape index (κ1) is 13.2. The van der Waals surface area contributed by atoms with Crippen LogP contribution >= 0.6 is 0 Å². The fourth-order valence-electron chi connectivity index (χ4n) is 1.60. The first-order valence-electron chi connectivity index (χ1n) is 5.95. The number of rotatable bonds is 5. The highest BCUT2D eigenvalue weighted by atomic mass is 15.1. The minimum atomic E-state index is 0.216. The first-order valence-corrected chi connectivity index (χ1v) is 5.95. The van der Waals surface area contributed by atoms with Crippen LogP contribution in [0.5, 0.6) is 0 Å². The van der Waals surface area contributed by atoms with Gasteiger partial charge < -0.3 is 10.2 Å². The molecular formula is C14H24N2. The molecule has 16 heavy (non-hydrogen) atoms. The summed E-state index contributed by atoms with van der Waals surface area (Å²) in [4.78, 5) is 2.34. The SMILES string of the molecule is CN(CCNC(C)(C)C)Cc1ccccc1. The van der Waals surface area contributed by atoms with Crippen molar-refractivity contribution in [2.45, 2.75) is 32.9 Å². The van der Waals surface area contributed by atoms with Crippen molar-refractivity contribution in [1.82, 2.24) is 10.2 Å². The van der Waals surface area contributed by atoms with E-state index in [1.165, 1.54) is 5.56 Å². The lowest BCUT2D eigenvalue weighted by Gasteiger charge is -2.23. The van der Waals surface area contributed by atoms with Gasteiger partial charge in [-0.25, -0.2) is 0 Å². The fourth-order valence-corrected chi connectivity index (χ4v) is 1.60. The lowest BCUT2D eigenvalue weighted by Crippen LogP contribution is -2.40. The molecule has 0 aliphatic rings. The summed E-state index contributed by atoms with van der Waals surface area (Å²) in [6.07, 6.45) is 0. The van der Waals surface area contributed by atoms with Crippen molar-refractivity contribution in [2.24, 2.45) is 0 Å². The van der Waals surface area contributed by atoms with Gasteiger partial charge in [-0.3, -0.25) is 0 Å². The van der Waals surface area contributed by atoms with E-state index >= 15 is 0 Å². The van der Waals surface area contributed by atoms with E-state index in [0.717, 1.165) is 19.6 Å². The van der Waals surface area contributed by atoms with Gasteiger partial charge in [0.15, 0.2) is 0 Å². The summed E-state index contributed by atoms with van der Waals surface area (Å²) in [6.45, 7) is 9.73. The average molecular weight is 220 g/mol. The fraction of sp³-hybridized carbons (Fsp3) is 0.571. The number of nitrogens with zero attached hydrogens (tertiary/aromatic N) is 1. The van der Waals surface area contributed by atoms with Crippen molar-refractivity contribution < 1.29 is 0 Å². The first-order chi connectivity index (χ1) is 7.47. The monoisotopic (exact) mass is 220 g/mol. The Labute approximate surface area is 99.7 Å². The van der Waals surface area contributed by atoms with Crippen LogP contribution in [0.15, 0.2) is 30.3 Å². The Morgan fingerprint density at radius 1 is 1.12 bits per heavy atom. The second-order valence-electron chi connectivity index (χ2n) is 5.40. The van der Waals surface area contributed by atoms with Crippen molar-refractivity contribution in [2.75, 3.05) is 20.1 Å². The molecule has 0 unspecified atom stereocenters. The van der Waals surface area contributed by atoms with E-state index in [1.54, 1.807) is 0 Å². The van der Waals surface area contributed by atoms with Crippen molar-refractivity contribution in [3.8, 4) is 0 Å². The maximum Gasteiger partial charge on any atom is 0.0231 e. The summed E-state index contributed by atoms with van der Waals surface area (Å²) in [5.74, 6) is 0. The van der Waals surface area contributed by atoms with Crippen LogP contribution < -0.4 is 5.32 Å². The minimum Gasteiger partial charge on any atom is -0.311 e. The second-order valence-corrected chi connectivity index (χ2v) is 5.40. The van der Waals surface area contributed by atoms with E-state index in [2.05, 4.69) is 68.4 Å². The van der Waals surface area contributed by atoms with Crippen LogP contribution in [0.1, 0.15) is 26.3 Å².